The van der Waals surface area contributed by atoms with Gasteiger partial charge in [0.15, 0.2) is 0 Å². The van der Waals surface area contributed by atoms with Crippen LogP contribution in [0.25, 0.3) is 0 Å². The summed E-state index contributed by atoms with van der Waals surface area (Å²) in [6.07, 6.45) is 1.01. The fraction of sp³-hybridized carbons (Fsp3) is 0.625. The Hall–Kier alpha value is -1.15. The second kappa shape index (κ2) is 6.39. The first-order valence-corrected chi connectivity index (χ1v) is 9.40. The number of fused-ring (bicyclic) bond motifs is 1. The number of sulfonamides is 1. The summed E-state index contributed by atoms with van der Waals surface area (Å²) in [4.78, 5) is 2.60. The molecule has 1 aromatic carbocycles. The molecule has 0 bridgehead atoms. The van der Waals surface area contributed by atoms with Gasteiger partial charge in [-0.1, -0.05) is 0 Å². The molecule has 0 aromatic heterocycles. The van der Waals surface area contributed by atoms with Gasteiger partial charge < -0.3 is 9.47 Å². The maximum Gasteiger partial charge on any atom is 0.240 e. The first-order valence-electron chi connectivity index (χ1n) is 7.91. The van der Waals surface area contributed by atoms with Crippen molar-refractivity contribution in [2.75, 3.05) is 26.8 Å². The molecule has 0 saturated carbocycles. The van der Waals surface area contributed by atoms with Crippen LogP contribution in [0.5, 0.6) is 5.75 Å². The monoisotopic (exact) mass is 340 g/mol. The van der Waals surface area contributed by atoms with E-state index in [-0.39, 0.29) is 17.0 Å². The van der Waals surface area contributed by atoms with E-state index < -0.39 is 10.0 Å². The molecular formula is C16H24N2O4S. The Morgan fingerprint density at radius 3 is 2.83 bits per heavy atom. The third-order valence-electron chi connectivity index (χ3n) is 4.59. The van der Waals surface area contributed by atoms with Crippen molar-refractivity contribution >= 4 is 10.0 Å². The van der Waals surface area contributed by atoms with Crippen LogP contribution in [0, 0.1) is 6.92 Å². The van der Waals surface area contributed by atoms with Crippen LogP contribution in [0.4, 0.5) is 0 Å². The van der Waals surface area contributed by atoms with Crippen molar-refractivity contribution in [1.29, 1.82) is 0 Å². The van der Waals surface area contributed by atoms with E-state index in [0.29, 0.717) is 18.4 Å². The van der Waals surface area contributed by atoms with E-state index in [9.17, 15) is 8.42 Å². The fourth-order valence-electron chi connectivity index (χ4n) is 3.43. The Kier molecular flexibility index (Phi) is 4.64. The number of benzene rings is 1. The van der Waals surface area contributed by atoms with Crippen LogP contribution in [0.1, 0.15) is 18.9 Å². The molecule has 0 unspecified atom stereocenters. The van der Waals surface area contributed by atoms with Gasteiger partial charge in [0.05, 0.1) is 24.7 Å². The second-order valence-electron chi connectivity index (χ2n) is 6.44. The molecule has 2 fully saturated rings. The normalized spacial score (nSPS) is 28.6. The predicted molar refractivity (Wildman–Crippen MR) is 87.2 cm³/mol. The largest absolute Gasteiger partial charge is 0.496 e. The number of methoxy groups -OCH3 is 1. The van der Waals surface area contributed by atoms with Crippen molar-refractivity contribution in [2.45, 2.75) is 43.4 Å². The number of morpholine rings is 1. The van der Waals surface area contributed by atoms with E-state index >= 15 is 0 Å². The van der Waals surface area contributed by atoms with Crippen LogP contribution in [-0.4, -0.2) is 58.3 Å². The molecule has 0 spiro atoms. The van der Waals surface area contributed by atoms with Gasteiger partial charge >= 0.3 is 0 Å². The third kappa shape index (κ3) is 3.52. The lowest BCUT2D eigenvalue weighted by Crippen LogP contribution is -2.45. The van der Waals surface area contributed by atoms with Gasteiger partial charge in [-0.05, 0) is 44.0 Å². The molecule has 2 aliphatic heterocycles. The molecule has 3 atom stereocenters. The molecule has 2 aliphatic rings. The van der Waals surface area contributed by atoms with E-state index in [4.69, 9.17) is 9.47 Å². The zero-order valence-electron chi connectivity index (χ0n) is 13.8. The van der Waals surface area contributed by atoms with Crippen molar-refractivity contribution in [3.05, 3.63) is 23.8 Å². The Balaban J connectivity index is 1.71. The number of nitrogens with zero attached hydrogens (tertiary/aromatic N) is 1. The molecule has 2 heterocycles. The van der Waals surface area contributed by atoms with Gasteiger partial charge in [0, 0.05) is 25.2 Å². The highest BCUT2D eigenvalue weighted by molar-refractivity contribution is 7.89. The van der Waals surface area contributed by atoms with E-state index in [0.717, 1.165) is 25.1 Å². The highest BCUT2D eigenvalue weighted by Crippen LogP contribution is 2.25. The Morgan fingerprint density at radius 2 is 2.13 bits per heavy atom. The standard InChI is InChI=1S/C16H24N2O4S/c1-11-6-15(4-5-16(11)21-3)23(19,20)17-13-7-14-10-22-12(2)8-18(14)9-13/h4-6,12-14,17H,7-10H2,1-3H3/t12-,13+,14-/m0/s1. The minimum absolute atomic E-state index is 0.0682. The molecule has 0 radical (unpaired) electrons. The second-order valence-corrected chi connectivity index (χ2v) is 8.15. The maximum atomic E-state index is 12.6. The van der Waals surface area contributed by atoms with Gasteiger partial charge in [0.1, 0.15) is 5.75 Å². The molecule has 3 rings (SSSR count). The van der Waals surface area contributed by atoms with Crippen LogP contribution in [0.15, 0.2) is 23.1 Å². The number of nitrogens with one attached hydrogen (secondary N) is 1. The van der Waals surface area contributed by atoms with Crippen LogP contribution in [-0.2, 0) is 14.8 Å². The first-order chi connectivity index (χ1) is 10.9. The zero-order chi connectivity index (χ0) is 16.6. The summed E-state index contributed by atoms with van der Waals surface area (Å²) in [6, 6.07) is 5.17. The van der Waals surface area contributed by atoms with Crippen molar-refractivity contribution in [3.63, 3.8) is 0 Å². The highest BCUT2D eigenvalue weighted by atomic mass is 32.2. The van der Waals surface area contributed by atoms with Gasteiger partial charge in [-0.15, -0.1) is 0 Å². The molecule has 1 aromatic rings. The van der Waals surface area contributed by atoms with Crippen molar-refractivity contribution in [2.24, 2.45) is 0 Å². The number of rotatable bonds is 4. The van der Waals surface area contributed by atoms with E-state index in [1.54, 1.807) is 25.3 Å². The van der Waals surface area contributed by atoms with E-state index in [2.05, 4.69) is 9.62 Å². The summed E-state index contributed by atoms with van der Waals surface area (Å²) in [6.45, 7) is 6.18. The predicted octanol–water partition coefficient (Wildman–Crippen LogP) is 1.14. The smallest absolute Gasteiger partial charge is 0.240 e. The topological polar surface area (TPSA) is 67.9 Å². The average molecular weight is 340 g/mol. The van der Waals surface area contributed by atoms with Crippen LogP contribution in [0.3, 0.4) is 0 Å². The lowest BCUT2D eigenvalue weighted by Gasteiger charge is -2.33. The summed E-state index contributed by atoms with van der Waals surface area (Å²) in [5, 5.41) is 0. The number of hydrogen-bond donors (Lipinski definition) is 1. The summed E-state index contributed by atoms with van der Waals surface area (Å²) in [7, 11) is -1.94. The average Bonchev–Trinajstić information content (AvgIpc) is 2.87. The summed E-state index contributed by atoms with van der Waals surface area (Å²) < 4.78 is 38.9. The molecule has 23 heavy (non-hydrogen) atoms. The van der Waals surface area contributed by atoms with E-state index in [1.807, 2.05) is 13.8 Å². The van der Waals surface area contributed by atoms with Gasteiger partial charge in [0.2, 0.25) is 10.0 Å². The molecular weight excluding hydrogens is 316 g/mol. The number of aryl methyl sites for hydroxylation is 1. The molecule has 7 heteroatoms. The van der Waals surface area contributed by atoms with Gasteiger partial charge in [-0.25, -0.2) is 13.1 Å². The van der Waals surface area contributed by atoms with Crippen LogP contribution < -0.4 is 9.46 Å². The Labute approximate surface area is 137 Å². The summed E-state index contributed by atoms with van der Waals surface area (Å²) >= 11 is 0. The summed E-state index contributed by atoms with van der Waals surface area (Å²) in [5.41, 5.74) is 0.807. The zero-order valence-corrected chi connectivity index (χ0v) is 14.6. The highest BCUT2D eigenvalue weighted by Gasteiger charge is 2.37. The van der Waals surface area contributed by atoms with Gasteiger partial charge in [-0.3, -0.25) is 4.90 Å². The first kappa shape index (κ1) is 16.7. The van der Waals surface area contributed by atoms with E-state index in [1.165, 1.54) is 0 Å². The molecule has 0 aliphatic carbocycles. The molecule has 6 nitrogen and oxygen atoms in total. The van der Waals surface area contributed by atoms with Crippen molar-refractivity contribution in [1.82, 2.24) is 9.62 Å². The molecule has 0 amide bonds. The molecule has 2 saturated heterocycles. The number of hydrogen-bond acceptors (Lipinski definition) is 5. The third-order valence-corrected chi connectivity index (χ3v) is 6.11. The van der Waals surface area contributed by atoms with Crippen molar-refractivity contribution < 1.29 is 17.9 Å². The van der Waals surface area contributed by atoms with Crippen LogP contribution >= 0.6 is 0 Å². The summed E-state index contributed by atoms with van der Waals surface area (Å²) in [5.74, 6) is 0.688. The SMILES string of the molecule is COc1ccc(S(=O)(=O)N[C@@H]2C[C@H]3CO[C@@H](C)CN3C2)cc1C. The Morgan fingerprint density at radius 1 is 1.35 bits per heavy atom. The number of ether oxygens (including phenoxy) is 2. The van der Waals surface area contributed by atoms with Crippen LogP contribution in [0.2, 0.25) is 0 Å². The van der Waals surface area contributed by atoms with Crippen molar-refractivity contribution in [3.8, 4) is 5.75 Å². The minimum atomic E-state index is -3.52. The lowest BCUT2D eigenvalue weighted by molar-refractivity contribution is -0.0390. The molecule has 1 N–H and O–H groups in total. The lowest BCUT2D eigenvalue weighted by atomic mass is 10.2. The minimum Gasteiger partial charge on any atom is -0.496 e. The maximum absolute atomic E-state index is 12.6. The molecule has 128 valence electrons. The Bertz CT molecular complexity index is 677. The van der Waals surface area contributed by atoms with Gasteiger partial charge in [0.25, 0.3) is 0 Å². The quantitative estimate of drug-likeness (QED) is 0.890. The van der Waals surface area contributed by atoms with Gasteiger partial charge in [-0.2, -0.15) is 0 Å². The fourth-order valence-corrected chi connectivity index (χ4v) is 4.76.